The average molecular weight is 381 g/mol. The van der Waals surface area contributed by atoms with Crippen LogP contribution in [0.25, 0.3) is 11.3 Å². The van der Waals surface area contributed by atoms with E-state index in [1.54, 1.807) is 0 Å². The molecular weight excluding hydrogens is 363 g/mol. The van der Waals surface area contributed by atoms with Crippen LogP contribution in [0, 0.1) is 12.8 Å². The van der Waals surface area contributed by atoms with E-state index < -0.39 is 23.4 Å². The largest absolute Gasteiger partial charge is 0.507 e. The molecule has 2 heterocycles. The van der Waals surface area contributed by atoms with Crippen LogP contribution in [0.1, 0.15) is 24.0 Å². The number of phenolic OH excluding ortho intramolecular Hbond substituents is 1. The van der Waals surface area contributed by atoms with Gasteiger partial charge in [-0.2, -0.15) is 13.2 Å². The number of hydrogen-bond donors (Lipinski definition) is 2. The Kier molecular flexibility index (Phi) is 5.05. The number of aromatic nitrogens is 2. The Morgan fingerprint density at radius 1 is 1.26 bits per heavy atom. The van der Waals surface area contributed by atoms with Gasteiger partial charge in [0.05, 0.1) is 23.8 Å². The molecule has 0 bridgehead atoms. The lowest BCUT2D eigenvalue weighted by atomic mass is 9.98. The van der Waals surface area contributed by atoms with Crippen molar-refractivity contribution >= 4 is 11.7 Å². The fourth-order valence-corrected chi connectivity index (χ4v) is 3.21. The average Bonchev–Trinajstić information content (AvgIpc) is 2.61. The van der Waals surface area contributed by atoms with Gasteiger partial charge in [-0.05, 0) is 49.6 Å². The molecule has 1 aromatic heterocycles. The van der Waals surface area contributed by atoms with Crippen LogP contribution in [-0.2, 0) is 11.0 Å². The fourth-order valence-electron chi connectivity index (χ4n) is 3.21. The third-order valence-electron chi connectivity index (χ3n) is 4.60. The molecule has 1 unspecified atom stereocenters. The lowest BCUT2D eigenvalue weighted by Crippen LogP contribution is -2.43. The number of carbonyl (C=O) groups excluding carboxylic acids is 1. The number of phenols is 1. The smallest absolute Gasteiger partial charge is 0.416 e. The number of alkyl halides is 3. The van der Waals surface area contributed by atoms with Crippen molar-refractivity contribution in [3.8, 4) is 17.0 Å². The summed E-state index contributed by atoms with van der Waals surface area (Å²) in [7, 11) is 0. The summed E-state index contributed by atoms with van der Waals surface area (Å²) in [6.07, 6.45) is -3.23. The number of piperidine rings is 1. The van der Waals surface area contributed by atoms with E-state index in [1.807, 2.05) is 0 Å². The van der Waals surface area contributed by atoms with Crippen LogP contribution in [0.3, 0.4) is 0 Å². The minimum Gasteiger partial charge on any atom is -0.507 e. The lowest BCUT2D eigenvalue weighted by Gasteiger charge is -2.30. The molecule has 27 heavy (non-hydrogen) atoms. The summed E-state index contributed by atoms with van der Waals surface area (Å²) in [6, 6.07) is 4.60. The van der Waals surface area contributed by atoms with Crippen molar-refractivity contribution in [2.45, 2.75) is 25.9 Å². The van der Waals surface area contributed by atoms with E-state index in [4.69, 9.17) is 0 Å². The number of anilines is 1. The highest BCUT2D eigenvalue weighted by atomic mass is 19.4. The van der Waals surface area contributed by atoms with Crippen molar-refractivity contribution in [1.82, 2.24) is 10.2 Å². The van der Waals surface area contributed by atoms with Gasteiger partial charge in [-0.15, -0.1) is 10.2 Å². The maximum absolute atomic E-state index is 12.8. The van der Waals surface area contributed by atoms with E-state index in [1.165, 1.54) is 24.0 Å². The van der Waals surface area contributed by atoms with E-state index in [-0.39, 0.29) is 29.3 Å². The van der Waals surface area contributed by atoms with Gasteiger partial charge in [0.2, 0.25) is 5.91 Å². The first-order valence-electron chi connectivity index (χ1n) is 8.39. The number of nitrogens with zero attached hydrogens (tertiary/aromatic N) is 3. The molecule has 1 fully saturated rings. The maximum atomic E-state index is 12.8. The summed E-state index contributed by atoms with van der Waals surface area (Å²) in [5, 5.41) is 27.3. The van der Waals surface area contributed by atoms with Gasteiger partial charge in [0.15, 0.2) is 5.82 Å². The number of halogens is 3. The lowest BCUT2D eigenvalue weighted by molar-refractivity contribution is -0.137. The van der Waals surface area contributed by atoms with Crippen LogP contribution in [0.2, 0.25) is 0 Å². The summed E-state index contributed by atoms with van der Waals surface area (Å²) >= 11 is 0. The number of amides is 1. The molecule has 144 valence electrons. The molecule has 2 aromatic rings. The van der Waals surface area contributed by atoms with E-state index in [0.717, 1.165) is 12.5 Å². The Labute approximate surface area is 153 Å². The Bertz CT molecular complexity index is 830. The van der Waals surface area contributed by atoms with Crippen molar-refractivity contribution in [3.63, 3.8) is 0 Å². The predicted octanol–water partition coefficient (Wildman–Crippen LogP) is 2.91. The quantitative estimate of drug-likeness (QED) is 0.854. The van der Waals surface area contributed by atoms with Crippen LogP contribution >= 0.6 is 0 Å². The number of benzene rings is 1. The Morgan fingerprint density at radius 2 is 2.00 bits per heavy atom. The van der Waals surface area contributed by atoms with Crippen LogP contribution in [0.5, 0.6) is 5.75 Å². The molecule has 9 heteroatoms. The third-order valence-corrected chi connectivity index (χ3v) is 4.60. The first-order valence-corrected chi connectivity index (χ1v) is 8.39. The fraction of sp³-hybridized carbons (Fsp3) is 0.389. The summed E-state index contributed by atoms with van der Waals surface area (Å²) in [6.45, 7) is 1.66. The van der Waals surface area contributed by atoms with Crippen LogP contribution in [0.15, 0.2) is 24.3 Å². The highest BCUT2D eigenvalue weighted by molar-refractivity contribution is 5.95. The summed E-state index contributed by atoms with van der Waals surface area (Å²) < 4.78 is 38.5. The normalized spacial score (nSPS) is 18.0. The third kappa shape index (κ3) is 3.73. The first kappa shape index (κ1) is 19.1. The van der Waals surface area contributed by atoms with Gasteiger partial charge in [-0.1, -0.05) is 0 Å². The van der Waals surface area contributed by atoms with Gasteiger partial charge in [-0.3, -0.25) is 9.69 Å². The second-order valence-corrected chi connectivity index (χ2v) is 6.47. The monoisotopic (exact) mass is 381 g/mol. The number of aryl methyl sites for hydroxylation is 1. The van der Waals surface area contributed by atoms with Crippen molar-refractivity contribution in [2.75, 3.05) is 18.1 Å². The van der Waals surface area contributed by atoms with Gasteiger partial charge in [0.1, 0.15) is 5.75 Å². The van der Waals surface area contributed by atoms with Crippen molar-refractivity contribution in [1.29, 1.82) is 0 Å². The molecule has 3 rings (SSSR count). The molecule has 1 aliphatic rings. The van der Waals surface area contributed by atoms with Crippen LogP contribution in [-0.4, -0.2) is 39.5 Å². The maximum Gasteiger partial charge on any atom is 0.416 e. The van der Waals surface area contributed by atoms with Gasteiger partial charge in [0.25, 0.3) is 0 Å². The number of hydrogen-bond acceptors (Lipinski definition) is 5. The summed E-state index contributed by atoms with van der Waals surface area (Å²) in [5.41, 5.74) is -0.385. The molecule has 1 saturated heterocycles. The second-order valence-electron chi connectivity index (χ2n) is 6.47. The molecule has 0 saturated carbocycles. The molecule has 0 spiro atoms. The molecule has 0 radical (unpaired) electrons. The molecule has 1 atom stereocenters. The van der Waals surface area contributed by atoms with E-state index in [9.17, 15) is 28.2 Å². The molecule has 0 aliphatic carbocycles. The van der Waals surface area contributed by atoms with Crippen LogP contribution < -0.4 is 4.90 Å². The van der Waals surface area contributed by atoms with Crippen molar-refractivity contribution < 1.29 is 28.2 Å². The summed E-state index contributed by atoms with van der Waals surface area (Å²) in [5.74, 6) is -0.953. The first-order chi connectivity index (χ1) is 12.7. The molecule has 1 amide bonds. The number of aliphatic hydroxyl groups is 1. The topological polar surface area (TPSA) is 86.5 Å². The second kappa shape index (κ2) is 7.15. The minimum atomic E-state index is -4.56. The zero-order chi connectivity index (χ0) is 19.8. The Hall–Kier alpha value is -2.68. The van der Waals surface area contributed by atoms with Crippen LogP contribution in [0.4, 0.5) is 19.0 Å². The van der Waals surface area contributed by atoms with Gasteiger partial charge >= 0.3 is 6.18 Å². The van der Waals surface area contributed by atoms with E-state index >= 15 is 0 Å². The molecule has 6 nitrogen and oxygen atoms in total. The Balaban J connectivity index is 1.91. The zero-order valence-electron chi connectivity index (χ0n) is 14.5. The number of carbonyl (C=O) groups is 1. The number of aromatic hydroxyl groups is 1. The predicted molar refractivity (Wildman–Crippen MR) is 91.0 cm³/mol. The Morgan fingerprint density at radius 3 is 2.56 bits per heavy atom. The van der Waals surface area contributed by atoms with E-state index in [2.05, 4.69) is 10.2 Å². The molecule has 1 aliphatic heterocycles. The number of aliphatic hydroxyl groups excluding tert-OH is 1. The highest BCUT2D eigenvalue weighted by Crippen LogP contribution is 2.38. The molecular formula is C18H18F3N3O3. The number of rotatable bonds is 3. The standard InChI is InChI=1S/C18H18F3N3O3/c1-10-7-12(18(19,20)21)8-14(26)16(10)13-4-5-15(23-22-13)24-6-2-3-11(9-25)17(24)27/h4-5,7-8,11,25-26H,2-3,6,9H2,1H3. The highest BCUT2D eigenvalue weighted by Gasteiger charge is 2.32. The summed E-state index contributed by atoms with van der Waals surface area (Å²) in [4.78, 5) is 13.7. The molecule has 1 aromatic carbocycles. The van der Waals surface area contributed by atoms with Gasteiger partial charge in [-0.25, -0.2) is 0 Å². The van der Waals surface area contributed by atoms with E-state index in [0.29, 0.717) is 24.8 Å². The molecule has 2 N–H and O–H groups in total. The van der Waals surface area contributed by atoms with Crippen molar-refractivity contribution in [3.05, 3.63) is 35.4 Å². The van der Waals surface area contributed by atoms with Gasteiger partial charge < -0.3 is 10.2 Å². The minimum absolute atomic E-state index is 0.153. The SMILES string of the molecule is Cc1cc(C(F)(F)F)cc(O)c1-c1ccc(N2CCCC(CO)C2=O)nn1. The zero-order valence-corrected chi connectivity index (χ0v) is 14.5. The van der Waals surface area contributed by atoms with Gasteiger partial charge in [0, 0.05) is 12.1 Å². The van der Waals surface area contributed by atoms with Crippen molar-refractivity contribution in [2.24, 2.45) is 5.92 Å².